The van der Waals surface area contributed by atoms with E-state index in [0.29, 0.717) is 21.4 Å². The van der Waals surface area contributed by atoms with Crippen LogP contribution in [0.3, 0.4) is 0 Å². The van der Waals surface area contributed by atoms with Crippen molar-refractivity contribution >= 4 is 39.7 Å². The first-order valence-electron chi connectivity index (χ1n) is 6.57. The van der Waals surface area contributed by atoms with Crippen LogP contribution in [0.25, 0.3) is 11.5 Å². The Morgan fingerprint density at radius 2 is 2.05 bits per heavy atom. The second-order valence-corrected chi connectivity index (χ2v) is 6.58. The number of aromatic nitrogens is 3. The van der Waals surface area contributed by atoms with Crippen molar-refractivity contribution in [3.8, 4) is 11.5 Å². The summed E-state index contributed by atoms with van der Waals surface area (Å²) in [5, 5.41) is 0.612. The second-order valence-electron chi connectivity index (χ2n) is 4.96. The lowest BCUT2D eigenvalue weighted by Crippen LogP contribution is -2.03. The Kier molecular flexibility index (Phi) is 4.19. The molecule has 1 aliphatic carbocycles. The average Bonchev–Trinajstić information content (AvgIpc) is 2.96. The van der Waals surface area contributed by atoms with Crippen molar-refractivity contribution in [3.05, 3.63) is 38.2 Å². The van der Waals surface area contributed by atoms with Gasteiger partial charge in [0, 0.05) is 17.8 Å². The molecule has 1 aliphatic rings. The predicted octanol–water partition coefficient (Wildman–Crippen LogP) is 5.27. The highest BCUT2D eigenvalue weighted by Crippen LogP contribution is 2.37. The molecule has 0 bridgehead atoms. The summed E-state index contributed by atoms with van der Waals surface area (Å²) in [4.78, 5) is 12.1. The van der Waals surface area contributed by atoms with E-state index < -0.39 is 0 Å². The minimum Gasteiger partial charge on any atom is -0.341 e. The summed E-state index contributed by atoms with van der Waals surface area (Å²) < 4.78 is 1.49. The van der Waals surface area contributed by atoms with E-state index in [-0.39, 0.29) is 0 Å². The van der Waals surface area contributed by atoms with Gasteiger partial charge in [-0.25, -0.2) is 4.98 Å². The summed E-state index contributed by atoms with van der Waals surface area (Å²) in [6.45, 7) is 0. The van der Waals surface area contributed by atoms with E-state index >= 15 is 0 Å². The van der Waals surface area contributed by atoms with Crippen molar-refractivity contribution in [3.63, 3.8) is 0 Å². The Morgan fingerprint density at radius 3 is 2.70 bits per heavy atom. The predicted molar refractivity (Wildman–Crippen MR) is 86.6 cm³/mol. The molecule has 104 valence electrons. The number of hydrogen-bond donors (Lipinski definition) is 1. The summed E-state index contributed by atoms with van der Waals surface area (Å²) in [6, 6.07) is 3.65. The van der Waals surface area contributed by atoms with Crippen molar-refractivity contribution in [2.45, 2.75) is 31.6 Å². The summed E-state index contributed by atoms with van der Waals surface area (Å²) in [5.41, 5.74) is 1.90. The summed E-state index contributed by atoms with van der Waals surface area (Å²) >= 11 is 14.8. The van der Waals surface area contributed by atoms with Crippen molar-refractivity contribution in [2.24, 2.45) is 0 Å². The van der Waals surface area contributed by atoms with Gasteiger partial charge in [-0.05, 0) is 40.9 Å². The lowest BCUT2D eigenvalue weighted by atomic mass is 10.0. The Hall–Kier alpha value is -0.780. The summed E-state index contributed by atoms with van der Waals surface area (Å²) in [7, 11) is 0. The third-order valence-corrected chi connectivity index (χ3v) is 5.21. The normalized spacial score (nSPS) is 15.7. The molecule has 0 unspecified atom stereocenters. The number of rotatable bonds is 2. The van der Waals surface area contributed by atoms with Crippen molar-refractivity contribution in [1.82, 2.24) is 15.0 Å². The van der Waals surface area contributed by atoms with Gasteiger partial charge in [-0.15, -0.1) is 0 Å². The standard InChI is InChI=1S/C14H13BrClN3S/c15-11-12(8-3-1-2-4-8)18-13(19-14(11)20)10-6-5-9(16)7-17-10/h5-8H,1-4H2,(H,18,19,20). The SMILES string of the molecule is S=c1nc(-c2ccc(Cl)cn2)[nH]c(C2CCCC2)c1Br. The number of halogens is 2. The Bertz CT molecular complexity index is 678. The van der Waals surface area contributed by atoms with Gasteiger partial charge in [0.15, 0.2) is 5.82 Å². The van der Waals surface area contributed by atoms with Gasteiger partial charge < -0.3 is 4.98 Å². The Morgan fingerprint density at radius 1 is 1.30 bits per heavy atom. The molecule has 1 saturated carbocycles. The molecule has 1 N–H and O–H groups in total. The topological polar surface area (TPSA) is 41.6 Å². The first kappa shape index (κ1) is 14.2. The number of nitrogens with zero attached hydrogens (tertiary/aromatic N) is 2. The zero-order valence-corrected chi connectivity index (χ0v) is 13.9. The third kappa shape index (κ3) is 2.80. The molecule has 0 aliphatic heterocycles. The molecule has 2 aromatic rings. The Balaban J connectivity index is 2.08. The van der Waals surface area contributed by atoms with Crippen LogP contribution in [0.2, 0.25) is 5.02 Å². The molecule has 0 radical (unpaired) electrons. The number of hydrogen-bond acceptors (Lipinski definition) is 3. The van der Waals surface area contributed by atoms with Crippen LogP contribution in [0.4, 0.5) is 0 Å². The zero-order valence-electron chi connectivity index (χ0n) is 10.7. The van der Waals surface area contributed by atoms with Crippen LogP contribution in [0.15, 0.2) is 22.8 Å². The zero-order chi connectivity index (χ0) is 14.1. The smallest absolute Gasteiger partial charge is 0.157 e. The van der Waals surface area contributed by atoms with E-state index in [2.05, 4.69) is 30.9 Å². The van der Waals surface area contributed by atoms with Crippen LogP contribution in [-0.4, -0.2) is 15.0 Å². The van der Waals surface area contributed by atoms with Crippen LogP contribution in [-0.2, 0) is 0 Å². The van der Waals surface area contributed by atoms with Gasteiger partial charge in [0.2, 0.25) is 0 Å². The van der Waals surface area contributed by atoms with Gasteiger partial charge in [-0.1, -0.05) is 36.7 Å². The van der Waals surface area contributed by atoms with E-state index in [4.69, 9.17) is 23.8 Å². The van der Waals surface area contributed by atoms with Crippen LogP contribution < -0.4 is 0 Å². The molecule has 0 spiro atoms. The Labute approximate surface area is 135 Å². The number of H-pyrrole nitrogens is 1. The number of nitrogens with one attached hydrogen (secondary N) is 1. The molecule has 2 aromatic heterocycles. The van der Waals surface area contributed by atoms with Gasteiger partial charge in [0.1, 0.15) is 10.3 Å². The van der Waals surface area contributed by atoms with E-state index in [1.54, 1.807) is 12.3 Å². The lowest BCUT2D eigenvalue weighted by molar-refractivity contribution is 0.689. The maximum absolute atomic E-state index is 5.87. The third-order valence-electron chi connectivity index (χ3n) is 3.62. The van der Waals surface area contributed by atoms with E-state index in [1.807, 2.05) is 6.07 Å². The second kappa shape index (κ2) is 5.92. The molecule has 20 heavy (non-hydrogen) atoms. The molecular formula is C14H13BrClN3S. The summed E-state index contributed by atoms with van der Waals surface area (Å²) in [5.74, 6) is 1.23. The van der Waals surface area contributed by atoms with E-state index in [9.17, 15) is 0 Å². The quantitative estimate of drug-likeness (QED) is 0.732. The van der Waals surface area contributed by atoms with Crippen molar-refractivity contribution in [2.75, 3.05) is 0 Å². The molecule has 0 atom stereocenters. The number of pyridine rings is 1. The van der Waals surface area contributed by atoms with Gasteiger partial charge in [-0.3, -0.25) is 4.98 Å². The maximum atomic E-state index is 5.87. The van der Waals surface area contributed by atoms with Crippen LogP contribution in [0, 0.1) is 4.64 Å². The first-order valence-corrected chi connectivity index (χ1v) is 8.14. The van der Waals surface area contributed by atoms with Crippen LogP contribution in [0.5, 0.6) is 0 Å². The molecule has 0 aromatic carbocycles. The van der Waals surface area contributed by atoms with Gasteiger partial charge >= 0.3 is 0 Å². The molecule has 0 amide bonds. The van der Waals surface area contributed by atoms with E-state index in [1.165, 1.54) is 25.7 Å². The fourth-order valence-electron chi connectivity index (χ4n) is 2.61. The molecule has 1 fully saturated rings. The minimum atomic E-state index is 0.528. The highest BCUT2D eigenvalue weighted by Gasteiger charge is 2.22. The maximum Gasteiger partial charge on any atom is 0.157 e. The van der Waals surface area contributed by atoms with Crippen LogP contribution in [0.1, 0.15) is 37.3 Å². The summed E-state index contributed by atoms with van der Waals surface area (Å²) in [6.07, 6.45) is 6.55. The largest absolute Gasteiger partial charge is 0.341 e. The monoisotopic (exact) mass is 369 g/mol. The first-order chi connectivity index (χ1) is 9.65. The molecule has 2 heterocycles. The highest BCUT2D eigenvalue weighted by molar-refractivity contribution is 9.10. The lowest BCUT2D eigenvalue weighted by Gasteiger charge is -2.13. The minimum absolute atomic E-state index is 0.528. The molecule has 3 nitrogen and oxygen atoms in total. The average molecular weight is 371 g/mol. The number of aromatic amines is 1. The molecule has 0 saturated heterocycles. The molecule has 3 rings (SSSR count). The van der Waals surface area contributed by atoms with Gasteiger partial charge in [0.05, 0.1) is 9.50 Å². The van der Waals surface area contributed by atoms with Gasteiger partial charge in [-0.2, -0.15) is 0 Å². The molecular weight excluding hydrogens is 358 g/mol. The fraction of sp³-hybridized carbons (Fsp3) is 0.357. The van der Waals surface area contributed by atoms with Crippen molar-refractivity contribution in [1.29, 1.82) is 0 Å². The van der Waals surface area contributed by atoms with E-state index in [0.717, 1.165) is 15.9 Å². The van der Waals surface area contributed by atoms with Crippen molar-refractivity contribution < 1.29 is 0 Å². The molecule has 6 heteroatoms. The fourth-order valence-corrected chi connectivity index (χ4v) is 3.43. The van der Waals surface area contributed by atoms with Gasteiger partial charge in [0.25, 0.3) is 0 Å². The van der Waals surface area contributed by atoms with Crippen LogP contribution >= 0.6 is 39.7 Å². The highest BCUT2D eigenvalue weighted by atomic mass is 79.9.